The van der Waals surface area contributed by atoms with Crippen molar-refractivity contribution in [2.24, 2.45) is 5.92 Å². The van der Waals surface area contributed by atoms with Crippen LogP contribution in [-0.2, 0) is 9.53 Å². The van der Waals surface area contributed by atoms with Crippen molar-refractivity contribution < 1.29 is 14.6 Å². The Hall–Kier alpha value is -1.00. The maximum atomic E-state index is 11.5. The Labute approximate surface area is 124 Å². The molecule has 0 radical (unpaired) electrons. The third-order valence-electron chi connectivity index (χ3n) is 3.97. The zero-order valence-corrected chi connectivity index (χ0v) is 12.7. The quantitative estimate of drug-likeness (QED) is 0.606. The van der Waals surface area contributed by atoms with Crippen LogP contribution >= 0.6 is 11.8 Å². The van der Waals surface area contributed by atoms with Gasteiger partial charge in [-0.05, 0) is 30.0 Å². The van der Waals surface area contributed by atoms with Crippen LogP contribution in [0, 0.1) is 5.92 Å². The van der Waals surface area contributed by atoms with E-state index in [-0.39, 0.29) is 5.92 Å². The smallest absolute Gasteiger partial charge is 0.310 e. The molecule has 110 valence electrons. The first-order valence-electron chi connectivity index (χ1n) is 7.15. The molecular weight excluding hydrogens is 272 g/mol. The van der Waals surface area contributed by atoms with E-state index in [1.807, 2.05) is 24.3 Å². The second-order valence-corrected chi connectivity index (χ2v) is 6.39. The normalized spacial score (nSPS) is 17.2. The summed E-state index contributed by atoms with van der Waals surface area (Å²) in [6, 6.07) is 7.88. The lowest BCUT2D eigenvalue weighted by Gasteiger charge is -2.17. The Morgan fingerprint density at radius 1 is 1.35 bits per heavy atom. The zero-order valence-electron chi connectivity index (χ0n) is 11.9. The van der Waals surface area contributed by atoms with Crippen LogP contribution in [0.15, 0.2) is 29.2 Å². The minimum Gasteiger partial charge on any atom is -0.481 e. The maximum absolute atomic E-state index is 11.5. The van der Waals surface area contributed by atoms with E-state index < -0.39 is 5.97 Å². The molecule has 1 fully saturated rings. The van der Waals surface area contributed by atoms with Gasteiger partial charge in [0.05, 0.1) is 11.9 Å². The highest BCUT2D eigenvalue weighted by Crippen LogP contribution is 2.34. The first-order valence-corrected chi connectivity index (χ1v) is 8.13. The van der Waals surface area contributed by atoms with Gasteiger partial charge in [-0.2, -0.15) is 0 Å². The Morgan fingerprint density at radius 2 is 2.00 bits per heavy atom. The molecule has 2 rings (SSSR count). The summed E-state index contributed by atoms with van der Waals surface area (Å²) in [4.78, 5) is 12.6. The number of carbonyl (C=O) groups is 1. The minimum absolute atomic E-state index is 0.362. The van der Waals surface area contributed by atoms with Crippen LogP contribution in [0.5, 0.6) is 0 Å². The van der Waals surface area contributed by atoms with E-state index in [2.05, 4.69) is 0 Å². The molecule has 0 aromatic heterocycles. The number of hydrogen-bond acceptors (Lipinski definition) is 3. The number of carboxylic acids is 1. The number of ether oxygens (including phenoxy) is 1. The second kappa shape index (κ2) is 7.70. The lowest BCUT2D eigenvalue weighted by atomic mass is 9.88. The van der Waals surface area contributed by atoms with E-state index in [0.29, 0.717) is 11.9 Å². The van der Waals surface area contributed by atoms with E-state index in [1.165, 1.54) is 25.7 Å². The fourth-order valence-electron chi connectivity index (χ4n) is 2.88. The van der Waals surface area contributed by atoms with Gasteiger partial charge in [0, 0.05) is 12.0 Å². The lowest BCUT2D eigenvalue weighted by Crippen LogP contribution is -2.15. The summed E-state index contributed by atoms with van der Waals surface area (Å²) in [6.07, 6.45) is 5.66. The molecule has 0 bridgehead atoms. The largest absolute Gasteiger partial charge is 0.481 e. The molecule has 20 heavy (non-hydrogen) atoms. The summed E-state index contributed by atoms with van der Waals surface area (Å²) < 4.78 is 5.02. The van der Waals surface area contributed by atoms with Crippen LogP contribution in [-0.4, -0.2) is 24.1 Å². The van der Waals surface area contributed by atoms with Crippen molar-refractivity contribution in [2.45, 2.75) is 42.9 Å². The lowest BCUT2D eigenvalue weighted by molar-refractivity contribution is -0.139. The average Bonchev–Trinajstić information content (AvgIpc) is 2.96. The van der Waals surface area contributed by atoms with Gasteiger partial charge in [-0.1, -0.05) is 49.6 Å². The number of benzene rings is 1. The fourth-order valence-corrected chi connectivity index (χ4v) is 3.46. The van der Waals surface area contributed by atoms with Crippen LogP contribution in [0.4, 0.5) is 0 Å². The van der Waals surface area contributed by atoms with Gasteiger partial charge < -0.3 is 9.84 Å². The summed E-state index contributed by atoms with van der Waals surface area (Å²) in [5.74, 6) is 0.136. The monoisotopic (exact) mass is 294 g/mol. The van der Waals surface area contributed by atoms with E-state index in [4.69, 9.17) is 4.74 Å². The molecule has 1 aliphatic rings. The first kappa shape index (κ1) is 15.4. The first-order chi connectivity index (χ1) is 9.70. The number of carboxylic acid groups (broad SMARTS) is 1. The van der Waals surface area contributed by atoms with Gasteiger partial charge in [-0.3, -0.25) is 4.79 Å². The molecule has 1 aromatic carbocycles. The molecule has 1 atom stereocenters. The van der Waals surface area contributed by atoms with Crippen LogP contribution in [0.25, 0.3) is 0 Å². The Balaban J connectivity index is 2.02. The van der Waals surface area contributed by atoms with Gasteiger partial charge >= 0.3 is 5.97 Å². The van der Waals surface area contributed by atoms with E-state index in [9.17, 15) is 9.90 Å². The molecular formula is C16H22O3S. The number of methoxy groups -OCH3 is 1. The predicted octanol–water partition coefficient (Wildman–Crippen LogP) is 4.13. The zero-order chi connectivity index (χ0) is 14.4. The van der Waals surface area contributed by atoms with E-state index in [1.54, 1.807) is 18.9 Å². The molecule has 0 spiro atoms. The molecule has 4 heteroatoms. The second-order valence-electron chi connectivity index (χ2n) is 5.40. The van der Waals surface area contributed by atoms with Crippen LogP contribution in [0.3, 0.4) is 0 Å². The highest BCUT2D eigenvalue weighted by Gasteiger charge is 2.26. The van der Waals surface area contributed by atoms with Gasteiger partial charge in [-0.15, -0.1) is 0 Å². The van der Waals surface area contributed by atoms with Gasteiger partial charge in [0.2, 0.25) is 0 Å². The number of rotatable bonds is 7. The summed E-state index contributed by atoms with van der Waals surface area (Å²) in [5.41, 5.74) is 0.922. The number of hydrogen-bond donors (Lipinski definition) is 1. The summed E-state index contributed by atoms with van der Waals surface area (Å²) in [5, 5.41) is 9.47. The standard InChI is InChI=1S/C16H22O3S/c1-19-11-20-14-8-6-13(7-9-14)15(16(17)18)10-12-4-2-3-5-12/h6-9,12,15H,2-5,10-11H2,1H3,(H,17,18). The predicted molar refractivity (Wildman–Crippen MR) is 81.1 cm³/mol. The van der Waals surface area contributed by atoms with Crippen LogP contribution in [0.2, 0.25) is 0 Å². The molecule has 3 nitrogen and oxygen atoms in total. The molecule has 1 N–H and O–H groups in total. The summed E-state index contributed by atoms with van der Waals surface area (Å²) in [6.45, 7) is 0. The van der Waals surface area contributed by atoms with Crippen molar-refractivity contribution in [1.29, 1.82) is 0 Å². The fraction of sp³-hybridized carbons (Fsp3) is 0.562. The molecule has 1 saturated carbocycles. The van der Waals surface area contributed by atoms with Crippen molar-refractivity contribution in [2.75, 3.05) is 13.0 Å². The van der Waals surface area contributed by atoms with Crippen molar-refractivity contribution in [3.05, 3.63) is 29.8 Å². The van der Waals surface area contributed by atoms with E-state index >= 15 is 0 Å². The third kappa shape index (κ3) is 4.25. The molecule has 0 saturated heterocycles. The summed E-state index contributed by atoms with van der Waals surface area (Å²) >= 11 is 1.61. The molecule has 1 aromatic rings. The molecule has 0 amide bonds. The Bertz CT molecular complexity index is 424. The average molecular weight is 294 g/mol. The Morgan fingerprint density at radius 3 is 2.55 bits per heavy atom. The summed E-state index contributed by atoms with van der Waals surface area (Å²) in [7, 11) is 1.67. The van der Waals surface area contributed by atoms with Crippen molar-refractivity contribution in [3.8, 4) is 0 Å². The van der Waals surface area contributed by atoms with Crippen LogP contribution < -0.4 is 0 Å². The topological polar surface area (TPSA) is 46.5 Å². The van der Waals surface area contributed by atoms with Gasteiger partial charge in [0.25, 0.3) is 0 Å². The van der Waals surface area contributed by atoms with Gasteiger partial charge in [-0.25, -0.2) is 0 Å². The molecule has 0 heterocycles. The van der Waals surface area contributed by atoms with Crippen molar-refractivity contribution in [3.63, 3.8) is 0 Å². The Kier molecular flexibility index (Phi) is 5.92. The highest BCUT2D eigenvalue weighted by molar-refractivity contribution is 7.99. The van der Waals surface area contributed by atoms with Gasteiger partial charge in [0.15, 0.2) is 0 Å². The van der Waals surface area contributed by atoms with Crippen molar-refractivity contribution >= 4 is 17.7 Å². The van der Waals surface area contributed by atoms with E-state index in [0.717, 1.165) is 16.9 Å². The van der Waals surface area contributed by atoms with Gasteiger partial charge in [0.1, 0.15) is 0 Å². The minimum atomic E-state index is -0.700. The molecule has 1 unspecified atom stereocenters. The molecule has 1 aliphatic carbocycles. The van der Waals surface area contributed by atoms with Crippen molar-refractivity contribution in [1.82, 2.24) is 0 Å². The number of thioether (sulfide) groups is 1. The van der Waals surface area contributed by atoms with Crippen LogP contribution in [0.1, 0.15) is 43.6 Å². The third-order valence-corrected chi connectivity index (χ3v) is 4.93. The number of aliphatic carboxylic acids is 1. The highest BCUT2D eigenvalue weighted by atomic mass is 32.2. The molecule has 0 aliphatic heterocycles. The maximum Gasteiger partial charge on any atom is 0.310 e. The SMILES string of the molecule is COCSc1ccc(C(CC2CCCC2)C(=O)O)cc1.